The second kappa shape index (κ2) is 8.53. The van der Waals surface area contributed by atoms with Gasteiger partial charge < -0.3 is 15.7 Å². The second-order valence-electron chi connectivity index (χ2n) is 8.46. The van der Waals surface area contributed by atoms with Crippen molar-refractivity contribution in [3.05, 3.63) is 84.6 Å². The Morgan fingerprint density at radius 2 is 1.62 bits per heavy atom. The van der Waals surface area contributed by atoms with Crippen LogP contribution >= 0.6 is 0 Å². The fourth-order valence-electron chi connectivity index (χ4n) is 3.53. The van der Waals surface area contributed by atoms with Crippen LogP contribution < -0.4 is 10.6 Å². The maximum absolute atomic E-state index is 10.2. The van der Waals surface area contributed by atoms with E-state index in [1.54, 1.807) is 43.0 Å². The summed E-state index contributed by atoms with van der Waals surface area (Å²) in [7, 11) is 0. The standard InChI is InChI=1S/C25H24N8O/c1-16-5-4-6-19(29-16)20-15-24(33-23(32-20)9-12-28-33)31-18-8-11-27-22(14-18)30-17-7-10-26-21(13-17)25(2,3)34/h4-15,34H,1-3H3,(H2,26,27,30,31). The Balaban J connectivity index is 1.45. The summed E-state index contributed by atoms with van der Waals surface area (Å²) in [6.07, 6.45) is 5.08. The van der Waals surface area contributed by atoms with Crippen molar-refractivity contribution < 1.29 is 5.11 Å². The first-order chi connectivity index (χ1) is 16.3. The molecule has 0 saturated heterocycles. The normalized spacial score (nSPS) is 11.5. The number of aryl methyl sites for hydroxylation is 1. The minimum atomic E-state index is -1.03. The van der Waals surface area contributed by atoms with Crippen LogP contribution in [0.5, 0.6) is 0 Å². The van der Waals surface area contributed by atoms with Crippen LogP contribution in [0.2, 0.25) is 0 Å². The van der Waals surface area contributed by atoms with E-state index in [1.165, 1.54) is 0 Å². The number of nitrogens with zero attached hydrogens (tertiary/aromatic N) is 6. The highest BCUT2D eigenvalue weighted by Gasteiger charge is 2.18. The van der Waals surface area contributed by atoms with E-state index >= 15 is 0 Å². The number of aliphatic hydroxyl groups is 1. The zero-order chi connectivity index (χ0) is 23.7. The first-order valence-electron chi connectivity index (χ1n) is 10.8. The number of hydrogen-bond donors (Lipinski definition) is 3. The summed E-state index contributed by atoms with van der Waals surface area (Å²) in [5, 5.41) is 21.3. The third kappa shape index (κ3) is 4.55. The molecule has 0 radical (unpaired) electrons. The van der Waals surface area contributed by atoms with Crippen molar-refractivity contribution in [1.29, 1.82) is 0 Å². The van der Waals surface area contributed by atoms with E-state index in [0.29, 0.717) is 17.2 Å². The number of pyridine rings is 3. The molecule has 5 aromatic rings. The molecule has 9 heteroatoms. The van der Waals surface area contributed by atoms with Gasteiger partial charge in [-0.1, -0.05) is 6.07 Å². The molecule has 0 spiro atoms. The molecular formula is C25H24N8O. The van der Waals surface area contributed by atoms with Crippen molar-refractivity contribution in [3.8, 4) is 11.4 Å². The summed E-state index contributed by atoms with van der Waals surface area (Å²) in [6, 6.07) is 17.0. The van der Waals surface area contributed by atoms with Crippen molar-refractivity contribution in [2.75, 3.05) is 10.6 Å². The Morgan fingerprint density at radius 1 is 0.824 bits per heavy atom. The lowest BCUT2D eigenvalue weighted by Crippen LogP contribution is -2.17. The minimum absolute atomic E-state index is 0.571. The van der Waals surface area contributed by atoms with Gasteiger partial charge in [0, 0.05) is 47.7 Å². The molecule has 5 rings (SSSR count). The summed E-state index contributed by atoms with van der Waals surface area (Å²) in [5.74, 6) is 1.39. The Labute approximate surface area is 196 Å². The summed E-state index contributed by atoms with van der Waals surface area (Å²) < 4.78 is 1.74. The van der Waals surface area contributed by atoms with Gasteiger partial charge in [-0.2, -0.15) is 9.61 Å². The fraction of sp³-hybridized carbons (Fsp3) is 0.160. The molecule has 0 bridgehead atoms. The Hall–Kier alpha value is -4.37. The van der Waals surface area contributed by atoms with E-state index in [-0.39, 0.29) is 0 Å². The topological polar surface area (TPSA) is 113 Å². The van der Waals surface area contributed by atoms with Gasteiger partial charge in [-0.05, 0) is 51.1 Å². The maximum Gasteiger partial charge on any atom is 0.158 e. The number of aromatic nitrogens is 6. The van der Waals surface area contributed by atoms with Crippen molar-refractivity contribution in [2.24, 2.45) is 0 Å². The maximum atomic E-state index is 10.2. The molecule has 3 N–H and O–H groups in total. The highest BCUT2D eigenvalue weighted by molar-refractivity contribution is 5.69. The third-order valence-electron chi connectivity index (χ3n) is 5.20. The van der Waals surface area contributed by atoms with E-state index in [0.717, 1.165) is 34.3 Å². The predicted octanol–water partition coefficient (Wildman–Crippen LogP) is 4.60. The molecule has 0 aliphatic carbocycles. The van der Waals surface area contributed by atoms with Gasteiger partial charge in [-0.25, -0.2) is 9.97 Å². The van der Waals surface area contributed by atoms with Gasteiger partial charge in [-0.15, -0.1) is 0 Å². The van der Waals surface area contributed by atoms with Crippen molar-refractivity contribution in [2.45, 2.75) is 26.4 Å². The lowest BCUT2D eigenvalue weighted by Gasteiger charge is -2.17. The molecule has 0 atom stereocenters. The number of nitrogens with one attached hydrogen (secondary N) is 2. The molecule has 170 valence electrons. The second-order valence-corrected chi connectivity index (χ2v) is 8.46. The van der Waals surface area contributed by atoms with Gasteiger partial charge in [0.05, 0.1) is 23.3 Å². The summed E-state index contributed by atoms with van der Waals surface area (Å²) in [6.45, 7) is 5.36. The number of hydrogen-bond acceptors (Lipinski definition) is 8. The molecule has 0 aliphatic rings. The van der Waals surface area contributed by atoms with E-state index in [2.05, 4.69) is 30.7 Å². The first kappa shape index (κ1) is 21.5. The molecule has 5 heterocycles. The number of rotatable bonds is 6. The Morgan fingerprint density at radius 3 is 2.41 bits per heavy atom. The van der Waals surface area contributed by atoms with Gasteiger partial charge >= 0.3 is 0 Å². The predicted molar refractivity (Wildman–Crippen MR) is 131 cm³/mol. The van der Waals surface area contributed by atoms with Crippen LogP contribution in [0, 0.1) is 6.92 Å². The van der Waals surface area contributed by atoms with E-state index in [1.807, 2.05) is 55.5 Å². The summed E-state index contributed by atoms with van der Waals surface area (Å²) >= 11 is 0. The molecule has 5 aromatic heterocycles. The van der Waals surface area contributed by atoms with Crippen molar-refractivity contribution in [1.82, 2.24) is 29.5 Å². The van der Waals surface area contributed by atoms with Gasteiger partial charge in [0.2, 0.25) is 0 Å². The summed E-state index contributed by atoms with van der Waals surface area (Å²) in [5.41, 5.74) is 4.33. The lowest BCUT2D eigenvalue weighted by atomic mass is 10.0. The van der Waals surface area contributed by atoms with E-state index < -0.39 is 5.60 Å². The Bertz CT molecular complexity index is 1470. The van der Waals surface area contributed by atoms with Crippen LogP contribution in [-0.4, -0.2) is 34.7 Å². The molecule has 0 fully saturated rings. The van der Waals surface area contributed by atoms with Crippen LogP contribution in [-0.2, 0) is 5.60 Å². The van der Waals surface area contributed by atoms with E-state index in [9.17, 15) is 5.11 Å². The fourth-order valence-corrected chi connectivity index (χ4v) is 3.53. The average molecular weight is 453 g/mol. The highest BCUT2D eigenvalue weighted by atomic mass is 16.3. The van der Waals surface area contributed by atoms with Crippen molar-refractivity contribution in [3.63, 3.8) is 0 Å². The third-order valence-corrected chi connectivity index (χ3v) is 5.20. The van der Waals surface area contributed by atoms with Crippen LogP contribution in [0.3, 0.4) is 0 Å². The first-order valence-corrected chi connectivity index (χ1v) is 10.8. The molecule has 0 aliphatic heterocycles. The zero-order valence-electron chi connectivity index (χ0n) is 19.1. The molecule has 0 unspecified atom stereocenters. The SMILES string of the molecule is Cc1cccc(-c2cc(Nc3ccnc(Nc4ccnc(C(C)(C)O)c4)c3)n3nccc3n2)n1. The quantitative estimate of drug-likeness (QED) is 0.342. The molecule has 9 nitrogen and oxygen atoms in total. The van der Waals surface area contributed by atoms with Gasteiger partial charge in [0.15, 0.2) is 5.65 Å². The van der Waals surface area contributed by atoms with Crippen molar-refractivity contribution >= 4 is 28.7 Å². The van der Waals surface area contributed by atoms with Gasteiger partial charge in [0.1, 0.15) is 17.2 Å². The molecule has 0 amide bonds. The lowest BCUT2D eigenvalue weighted by molar-refractivity contribution is 0.0739. The van der Waals surface area contributed by atoms with E-state index in [4.69, 9.17) is 4.98 Å². The van der Waals surface area contributed by atoms with Gasteiger partial charge in [0.25, 0.3) is 0 Å². The molecule has 34 heavy (non-hydrogen) atoms. The van der Waals surface area contributed by atoms with Crippen LogP contribution in [0.25, 0.3) is 17.0 Å². The number of fused-ring (bicyclic) bond motifs is 1. The largest absolute Gasteiger partial charge is 0.384 e. The molecular weight excluding hydrogens is 428 g/mol. The Kier molecular flexibility index (Phi) is 5.39. The van der Waals surface area contributed by atoms with Crippen LogP contribution in [0.4, 0.5) is 23.0 Å². The monoisotopic (exact) mass is 452 g/mol. The minimum Gasteiger partial charge on any atom is -0.384 e. The highest BCUT2D eigenvalue weighted by Crippen LogP contribution is 2.26. The van der Waals surface area contributed by atoms with Crippen LogP contribution in [0.15, 0.2) is 73.2 Å². The summed E-state index contributed by atoms with van der Waals surface area (Å²) in [4.78, 5) is 18.0. The van der Waals surface area contributed by atoms with Gasteiger partial charge in [-0.3, -0.25) is 9.97 Å². The number of anilines is 4. The van der Waals surface area contributed by atoms with Crippen LogP contribution in [0.1, 0.15) is 25.2 Å². The average Bonchev–Trinajstić information content (AvgIpc) is 3.28. The smallest absolute Gasteiger partial charge is 0.158 e. The molecule has 0 aromatic carbocycles. The molecule has 0 saturated carbocycles. The zero-order valence-corrected chi connectivity index (χ0v) is 19.1.